The van der Waals surface area contributed by atoms with Crippen LogP contribution in [0.2, 0.25) is 0 Å². The highest BCUT2D eigenvalue weighted by atomic mass is 19.4. The van der Waals surface area contributed by atoms with E-state index in [1.807, 2.05) is 0 Å². The number of alkyl halides is 6. The van der Waals surface area contributed by atoms with Crippen LogP contribution in [-0.4, -0.2) is 12.1 Å². The molecule has 8 heteroatoms. The van der Waals surface area contributed by atoms with Crippen LogP contribution in [0.3, 0.4) is 0 Å². The van der Waals surface area contributed by atoms with Crippen molar-refractivity contribution < 1.29 is 26.3 Å². The molecule has 136 valence electrons. The number of benzene rings is 2. The molecule has 0 amide bonds. The van der Waals surface area contributed by atoms with Crippen molar-refractivity contribution in [3.8, 4) is 0 Å². The summed E-state index contributed by atoms with van der Waals surface area (Å²) in [5.41, 5.74) is 4.83. The maximum Gasteiger partial charge on any atom is 0.457 e. The van der Waals surface area contributed by atoms with Gasteiger partial charge in [0.25, 0.3) is 0 Å². The summed E-state index contributed by atoms with van der Waals surface area (Å²) < 4.78 is 83.4. The topological polar surface area (TPSA) is 52.0 Å². The molecule has 0 aliphatic heterocycles. The number of nitrogen functional groups attached to an aromatic ring is 2. The van der Waals surface area contributed by atoms with Gasteiger partial charge in [-0.3, -0.25) is 0 Å². The molecule has 2 nitrogen and oxygen atoms in total. The Hall–Kier alpha value is -2.38. The number of rotatable bonds is 3. The third-order valence-electron chi connectivity index (χ3n) is 3.95. The van der Waals surface area contributed by atoms with E-state index in [2.05, 4.69) is 0 Å². The molecule has 0 radical (unpaired) electrons. The van der Waals surface area contributed by atoms with E-state index in [4.69, 9.17) is 11.5 Å². The molecule has 2 aromatic rings. The molecule has 0 atom stereocenters. The highest BCUT2D eigenvalue weighted by molar-refractivity contribution is 5.62. The van der Waals surface area contributed by atoms with Gasteiger partial charge in [-0.2, -0.15) is 22.0 Å². The minimum atomic E-state index is -6.16. The second kappa shape index (κ2) is 5.86. The summed E-state index contributed by atoms with van der Waals surface area (Å²) in [6.45, 7) is 3.09. The van der Waals surface area contributed by atoms with Gasteiger partial charge in [-0.1, -0.05) is 24.3 Å². The minimum Gasteiger partial charge on any atom is -0.398 e. The molecule has 0 unspecified atom stereocenters. The Balaban J connectivity index is 2.89. The van der Waals surface area contributed by atoms with Gasteiger partial charge in [-0.05, 0) is 37.1 Å². The van der Waals surface area contributed by atoms with Crippen molar-refractivity contribution >= 4 is 11.4 Å². The zero-order chi connectivity index (χ0) is 19.2. The average Bonchev–Trinajstić information content (AvgIpc) is 2.45. The zero-order valence-corrected chi connectivity index (χ0v) is 13.4. The lowest BCUT2D eigenvalue weighted by Crippen LogP contribution is -2.53. The first-order valence-corrected chi connectivity index (χ1v) is 7.19. The summed E-state index contributed by atoms with van der Waals surface area (Å²) in [7, 11) is 0. The van der Waals surface area contributed by atoms with Crippen LogP contribution in [-0.2, 0) is 5.67 Å². The molecular weight excluding hydrogens is 346 g/mol. The van der Waals surface area contributed by atoms with Crippen LogP contribution in [0.4, 0.5) is 37.7 Å². The largest absolute Gasteiger partial charge is 0.457 e. The average molecular weight is 362 g/mol. The van der Waals surface area contributed by atoms with Crippen molar-refractivity contribution in [1.82, 2.24) is 0 Å². The van der Waals surface area contributed by atoms with Gasteiger partial charge in [-0.25, -0.2) is 4.39 Å². The van der Waals surface area contributed by atoms with E-state index in [1.165, 1.54) is 12.1 Å². The van der Waals surface area contributed by atoms with E-state index in [0.29, 0.717) is 11.1 Å². The van der Waals surface area contributed by atoms with E-state index in [1.54, 1.807) is 13.8 Å². The second-order valence-electron chi connectivity index (χ2n) is 5.91. The highest BCUT2D eigenvalue weighted by Gasteiger charge is 2.73. The molecule has 0 fully saturated rings. The van der Waals surface area contributed by atoms with Gasteiger partial charge in [0.2, 0.25) is 5.67 Å². The fraction of sp³-hybridized carbons (Fsp3) is 0.294. The van der Waals surface area contributed by atoms with Gasteiger partial charge in [0.15, 0.2) is 0 Å². The fourth-order valence-corrected chi connectivity index (χ4v) is 2.67. The molecule has 0 heterocycles. The molecule has 0 aliphatic rings. The number of hydrogen-bond donors (Lipinski definition) is 2. The Morgan fingerprint density at radius 3 is 1.32 bits per heavy atom. The van der Waals surface area contributed by atoms with E-state index in [9.17, 15) is 22.0 Å². The van der Waals surface area contributed by atoms with Crippen molar-refractivity contribution in [3.05, 3.63) is 58.7 Å². The summed E-state index contributed by atoms with van der Waals surface area (Å²) in [5.74, 6) is -5.76. The summed E-state index contributed by atoms with van der Waals surface area (Å²) >= 11 is 0. The van der Waals surface area contributed by atoms with E-state index in [-0.39, 0.29) is 0 Å². The zero-order valence-electron chi connectivity index (χ0n) is 13.4. The van der Waals surface area contributed by atoms with Crippen LogP contribution in [0.15, 0.2) is 36.4 Å². The van der Waals surface area contributed by atoms with Gasteiger partial charge in [0.05, 0.1) is 0 Å². The molecule has 2 rings (SSSR count). The summed E-state index contributed by atoms with van der Waals surface area (Å²) in [4.78, 5) is 0. The number of nitrogens with two attached hydrogens (primary N) is 2. The third-order valence-corrected chi connectivity index (χ3v) is 3.95. The number of hydrogen-bond acceptors (Lipinski definition) is 2. The lowest BCUT2D eigenvalue weighted by atomic mass is 9.80. The minimum absolute atomic E-state index is 0.482. The molecule has 2 aromatic carbocycles. The van der Waals surface area contributed by atoms with E-state index >= 15 is 4.39 Å². The number of aryl methyl sites for hydroxylation is 2. The first-order chi connectivity index (χ1) is 11.3. The molecule has 0 spiro atoms. The SMILES string of the molecule is Cc1ccc(C(F)(c2ccc(C)cc2N)C(F)(F)C(F)(F)F)c(N)c1. The lowest BCUT2D eigenvalue weighted by molar-refractivity contribution is -0.322. The van der Waals surface area contributed by atoms with Crippen LogP contribution < -0.4 is 11.5 Å². The standard InChI is InChI=1S/C17H16F6N2/c1-9-3-5-11(13(24)7-9)15(18,16(19,20)17(21,22)23)12-6-4-10(2)8-14(12)25/h3-8H,24-25H2,1-2H3. The molecule has 0 saturated heterocycles. The van der Waals surface area contributed by atoms with Crippen LogP contribution >= 0.6 is 0 Å². The highest BCUT2D eigenvalue weighted by Crippen LogP contribution is 2.56. The molecule has 0 bridgehead atoms. The maximum absolute atomic E-state index is 15.7. The molecule has 0 saturated carbocycles. The number of anilines is 2. The quantitative estimate of drug-likeness (QED) is 0.604. The smallest absolute Gasteiger partial charge is 0.398 e. The van der Waals surface area contributed by atoms with Crippen LogP contribution in [0, 0.1) is 13.8 Å². The maximum atomic E-state index is 15.7. The van der Waals surface area contributed by atoms with E-state index < -0.39 is 40.3 Å². The molecular formula is C17H16F6N2. The molecule has 0 aromatic heterocycles. The van der Waals surface area contributed by atoms with Crippen molar-refractivity contribution in [2.75, 3.05) is 11.5 Å². The summed E-state index contributed by atoms with van der Waals surface area (Å²) in [6, 6.07) is 6.31. The van der Waals surface area contributed by atoms with Crippen molar-refractivity contribution in [1.29, 1.82) is 0 Å². The fourth-order valence-electron chi connectivity index (χ4n) is 2.67. The normalized spacial score (nSPS) is 13.1. The predicted molar refractivity (Wildman–Crippen MR) is 84.1 cm³/mol. The van der Waals surface area contributed by atoms with Crippen molar-refractivity contribution in [3.63, 3.8) is 0 Å². The molecule has 25 heavy (non-hydrogen) atoms. The predicted octanol–water partition coefficient (Wildman–Crippen LogP) is 4.88. The van der Waals surface area contributed by atoms with Gasteiger partial charge in [-0.15, -0.1) is 0 Å². The summed E-state index contributed by atoms with van der Waals surface area (Å²) in [6.07, 6.45) is -6.16. The van der Waals surface area contributed by atoms with E-state index in [0.717, 1.165) is 24.3 Å². The van der Waals surface area contributed by atoms with Gasteiger partial charge in [0.1, 0.15) is 0 Å². The Kier molecular flexibility index (Phi) is 4.44. The van der Waals surface area contributed by atoms with Gasteiger partial charge in [0, 0.05) is 22.5 Å². The van der Waals surface area contributed by atoms with Gasteiger partial charge >= 0.3 is 12.1 Å². The van der Waals surface area contributed by atoms with Crippen LogP contribution in [0.1, 0.15) is 22.3 Å². The molecule has 4 N–H and O–H groups in total. The second-order valence-corrected chi connectivity index (χ2v) is 5.91. The lowest BCUT2D eigenvalue weighted by Gasteiger charge is -2.36. The Morgan fingerprint density at radius 1 is 0.680 bits per heavy atom. The first kappa shape index (κ1) is 19.0. The monoisotopic (exact) mass is 362 g/mol. The van der Waals surface area contributed by atoms with Gasteiger partial charge < -0.3 is 11.5 Å². The first-order valence-electron chi connectivity index (χ1n) is 7.19. The Labute approximate surface area is 140 Å². The van der Waals surface area contributed by atoms with Crippen LogP contribution in [0.5, 0.6) is 0 Å². The van der Waals surface area contributed by atoms with Crippen molar-refractivity contribution in [2.45, 2.75) is 31.6 Å². The van der Waals surface area contributed by atoms with Crippen molar-refractivity contribution in [2.24, 2.45) is 0 Å². The Bertz CT molecular complexity index is 747. The summed E-state index contributed by atoms with van der Waals surface area (Å²) in [5, 5.41) is 0. The van der Waals surface area contributed by atoms with Crippen LogP contribution in [0.25, 0.3) is 0 Å². The Morgan fingerprint density at radius 2 is 1.04 bits per heavy atom. The number of halogens is 6. The molecule has 0 aliphatic carbocycles. The third kappa shape index (κ3) is 2.89.